The highest BCUT2D eigenvalue weighted by molar-refractivity contribution is 9.12. The van der Waals surface area contributed by atoms with Crippen LogP contribution in [0, 0.1) is 11.8 Å². The van der Waals surface area contributed by atoms with Gasteiger partial charge in [0.2, 0.25) is 0 Å². The monoisotopic (exact) mass is 252 g/mol. The Morgan fingerprint density at radius 3 is 1.56 bits per heavy atom. The highest BCUT2D eigenvalue weighted by Crippen LogP contribution is 2.50. The molecule has 2 rings (SSSR count). The standard InChI is InChI=1S/C7H10Br2/c8-6-4-1-2-5(3-4)7(6)9/h4-7H,1-3H2/t4-,5+,6+,7-. The Kier molecular flexibility index (Phi) is 1.65. The van der Waals surface area contributed by atoms with Crippen LogP contribution < -0.4 is 0 Å². The minimum atomic E-state index is 0.774. The Balaban J connectivity index is 2.15. The number of halogens is 2. The largest absolute Gasteiger partial charge is 0.0875 e. The van der Waals surface area contributed by atoms with Crippen LogP contribution in [0.4, 0.5) is 0 Å². The molecule has 0 spiro atoms. The molecule has 0 nitrogen and oxygen atoms in total. The van der Waals surface area contributed by atoms with E-state index in [1.807, 2.05) is 0 Å². The van der Waals surface area contributed by atoms with Crippen molar-refractivity contribution < 1.29 is 0 Å². The Labute approximate surface area is 72.7 Å². The van der Waals surface area contributed by atoms with Crippen LogP contribution in [0.2, 0.25) is 0 Å². The first-order valence-electron chi connectivity index (χ1n) is 3.57. The molecule has 0 heterocycles. The van der Waals surface area contributed by atoms with Gasteiger partial charge in [0.25, 0.3) is 0 Å². The third-order valence-electron chi connectivity index (χ3n) is 2.72. The van der Waals surface area contributed by atoms with Crippen LogP contribution in [0.5, 0.6) is 0 Å². The number of hydrogen-bond donors (Lipinski definition) is 0. The highest BCUT2D eigenvalue weighted by atomic mass is 79.9. The molecule has 2 heteroatoms. The predicted molar refractivity (Wildman–Crippen MR) is 46.3 cm³/mol. The third-order valence-corrected chi connectivity index (χ3v) is 6.06. The minimum Gasteiger partial charge on any atom is -0.0875 e. The third kappa shape index (κ3) is 0.900. The molecular weight excluding hydrogens is 244 g/mol. The zero-order chi connectivity index (χ0) is 6.43. The predicted octanol–water partition coefficient (Wildman–Crippen LogP) is 2.94. The second-order valence-corrected chi connectivity index (χ2v) is 5.34. The van der Waals surface area contributed by atoms with Gasteiger partial charge in [0, 0.05) is 9.65 Å². The van der Waals surface area contributed by atoms with Crippen molar-refractivity contribution >= 4 is 31.9 Å². The topological polar surface area (TPSA) is 0 Å². The van der Waals surface area contributed by atoms with Crippen molar-refractivity contribution in [3.05, 3.63) is 0 Å². The molecule has 0 saturated heterocycles. The Hall–Kier alpha value is 0.960. The first-order chi connectivity index (χ1) is 4.29. The fourth-order valence-electron chi connectivity index (χ4n) is 2.15. The summed E-state index contributed by atoms with van der Waals surface area (Å²) in [6, 6.07) is 0. The van der Waals surface area contributed by atoms with Crippen molar-refractivity contribution in [1.82, 2.24) is 0 Å². The second-order valence-electron chi connectivity index (χ2n) is 3.22. The van der Waals surface area contributed by atoms with Gasteiger partial charge in [-0.3, -0.25) is 0 Å². The van der Waals surface area contributed by atoms with E-state index in [-0.39, 0.29) is 0 Å². The van der Waals surface area contributed by atoms with Crippen LogP contribution in [-0.2, 0) is 0 Å². The molecule has 0 aromatic heterocycles. The van der Waals surface area contributed by atoms with Gasteiger partial charge < -0.3 is 0 Å². The molecule has 2 fully saturated rings. The van der Waals surface area contributed by atoms with Gasteiger partial charge in [-0.15, -0.1) is 0 Å². The van der Waals surface area contributed by atoms with Gasteiger partial charge in [-0.25, -0.2) is 0 Å². The molecule has 2 bridgehead atoms. The van der Waals surface area contributed by atoms with E-state index in [1.54, 1.807) is 0 Å². The number of fused-ring (bicyclic) bond motifs is 2. The van der Waals surface area contributed by atoms with Gasteiger partial charge in [-0.05, 0) is 31.1 Å². The summed E-state index contributed by atoms with van der Waals surface area (Å²) in [5, 5.41) is 0. The van der Waals surface area contributed by atoms with E-state index in [2.05, 4.69) is 31.9 Å². The first kappa shape index (κ1) is 6.66. The van der Waals surface area contributed by atoms with Gasteiger partial charge in [0.1, 0.15) is 0 Å². The zero-order valence-electron chi connectivity index (χ0n) is 5.19. The Morgan fingerprint density at radius 1 is 0.889 bits per heavy atom. The Morgan fingerprint density at radius 2 is 1.33 bits per heavy atom. The van der Waals surface area contributed by atoms with Crippen LogP contribution in [0.25, 0.3) is 0 Å². The summed E-state index contributed by atoms with van der Waals surface area (Å²) >= 11 is 7.43. The smallest absolute Gasteiger partial charge is 0.0302 e. The van der Waals surface area contributed by atoms with Gasteiger partial charge in [0.15, 0.2) is 0 Å². The van der Waals surface area contributed by atoms with E-state index in [0.29, 0.717) is 0 Å². The number of alkyl halides is 2. The molecule has 0 radical (unpaired) electrons. The average molecular weight is 254 g/mol. The van der Waals surface area contributed by atoms with Crippen LogP contribution in [0.15, 0.2) is 0 Å². The van der Waals surface area contributed by atoms with E-state index in [4.69, 9.17) is 0 Å². The van der Waals surface area contributed by atoms with Crippen molar-refractivity contribution in [2.45, 2.75) is 28.9 Å². The lowest BCUT2D eigenvalue weighted by molar-refractivity contribution is 0.514. The molecule has 2 aliphatic rings. The molecule has 9 heavy (non-hydrogen) atoms. The quantitative estimate of drug-likeness (QED) is 0.583. The second kappa shape index (κ2) is 2.23. The molecule has 4 atom stereocenters. The van der Waals surface area contributed by atoms with E-state index in [9.17, 15) is 0 Å². The molecule has 0 unspecified atom stereocenters. The maximum Gasteiger partial charge on any atom is 0.0302 e. The summed E-state index contributed by atoms with van der Waals surface area (Å²) < 4.78 is 0. The molecule has 0 amide bonds. The van der Waals surface area contributed by atoms with Gasteiger partial charge in [-0.1, -0.05) is 31.9 Å². The molecule has 0 aromatic rings. The first-order valence-corrected chi connectivity index (χ1v) is 5.40. The van der Waals surface area contributed by atoms with E-state index in [1.165, 1.54) is 19.3 Å². The molecule has 0 aromatic carbocycles. The van der Waals surface area contributed by atoms with Crippen LogP contribution in [-0.4, -0.2) is 9.65 Å². The van der Waals surface area contributed by atoms with Gasteiger partial charge in [-0.2, -0.15) is 0 Å². The van der Waals surface area contributed by atoms with Gasteiger partial charge in [0.05, 0.1) is 0 Å². The summed E-state index contributed by atoms with van der Waals surface area (Å²) in [4.78, 5) is 1.55. The lowest BCUT2D eigenvalue weighted by Crippen LogP contribution is -2.21. The Bertz CT molecular complexity index is 106. The lowest BCUT2D eigenvalue weighted by atomic mass is 10.0. The van der Waals surface area contributed by atoms with E-state index in [0.717, 1.165) is 21.5 Å². The molecular formula is C7H10Br2. The van der Waals surface area contributed by atoms with Crippen molar-refractivity contribution in [2.75, 3.05) is 0 Å². The summed E-state index contributed by atoms with van der Waals surface area (Å²) in [7, 11) is 0. The molecule has 2 saturated carbocycles. The summed E-state index contributed by atoms with van der Waals surface area (Å²) in [5.41, 5.74) is 0. The fraction of sp³-hybridized carbons (Fsp3) is 1.00. The fourth-order valence-corrected chi connectivity index (χ4v) is 3.97. The summed E-state index contributed by atoms with van der Waals surface area (Å²) in [6.07, 6.45) is 4.39. The zero-order valence-corrected chi connectivity index (χ0v) is 8.36. The average Bonchev–Trinajstić information content (AvgIpc) is 2.37. The highest BCUT2D eigenvalue weighted by Gasteiger charge is 2.44. The van der Waals surface area contributed by atoms with Crippen molar-refractivity contribution in [3.63, 3.8) is 0 Å². The number of rotatable bonds is 0. The van der Waals surface area contributed by atoms with Crippen LogP contribution in [0.3, 0.4) is 0 Å². The van der Waals surface area contributed by atoms with Crippen LogP contribution >= 0.6 is 31.9 Å². The summed E-state index contributed by atoms with van der Waals surface area (Å²) in [5.74, 6) is 1.97. The van der Waals surface area contributed by atoms with E-state index >= 15 is 0 Å². The maximum absolute atomic E-state index is 3.71. The van der Waals surface area contributed by atoms with Crippen LogP contribution in [0.1, 0.15) is 19.3 Å². The molecule has 52 valence electrons. The molecule has 0 aliphatic heterocycles. The van der Waals surface area contributed by atoms with Gasteiger partial charge >= 0.3 is 0 Å². The van der Waals surface area contributed by atoms with Crippen molar-refractivity contribution in [3.8, 4) is 0 Å². The lowest BCUT2D eigenvalue weighted by Gasteiger charge is -2.20. The van der Waals surface area contributed by atoms with E-state index < -0.39 is 0 Å². The SMILES string of the molecule is Br[C@@H]1[C@H]2CC[C@H](C2)[C@@H]1Br. The molecule has 0 N–H and O–H groups in total. The maximum atomic E-state index is 3.71. The summed E-state index contributed by atoms with van der Waals surface area (Å²) in [6.45, 7) is 0. The van der Waals surface area contributed by atoms with Crippen molar-refractivity contribution in [1.29, 1.82) is 0 Å². The molecule has 2 aliphatic carbocycles. The normalized spacial score (nSPS) is 56.7. The van der Waals surface area contributed by atoms with Crippen molar-refractivity contribution in [2.24, 2.45) is 11.8 Å². The number of hydrogen-bond acceptors (Lipinski definition) is 0. The minimum absolute atomic E-state index is 0.774.